The summed E-state index contributed by atoms with van der Waals surface area (Å²) in [5.74, 6) is -0.0775. The Bertz CT molecular complexity index is 815. The molecule has 2 aromatic rings. The second-order valence-corrected chi connectivity index (χ2v) is 4.40. The first-order valence-corrected chi connectivity index (χ1v) is 6.30. The molecule has 2 aromatic carbocycles. The molecule has 0 unspecified atom stereocenters. The predicted octanol–water partition coefficient (Wildman–Crippen LogP) is 2.85. The molecule has 116 valence electrons. The van der Waals surface area contributed by atoms with Crippen LogP contribution in [0.4, 0.5) is 16.2 Å². The summed E-state index contributed by atoms with van der Waals surface area (Å²) in [5.41, 5.74) is 9.49. The first kappa shape index (κ1) is 15.8. The molecule has 0 aliphatic rings. The number of nitro groups is 1. The highest BCUT2D eigenvalue weighted by Gasteiger charge is 2.12. The molecule has 23 heavy (non-hydrogen) atoms. The van der Waals surface area contributed by atoms with Crippen molar-refractivity contribution in [2.75, 3.05) is 0 Å². The van der Waals surface area contributed by atoms with E-state index in [4.69, 9.17) is 5.53 Å². The van der Waals surface area contributed by atoms with Crippen LogP contribution in [0.1, 0.15) is 11.1 Å². The molecule has 0 spiro atoms. The number of carboxylic acid groups (broad SMARTS) is 1. The Labute approximate surface area is 129 Å². The summed E-state index contributed by atoms with van der Waals surface area (Å²) >= 11 is 0. The monoisotopic (exact) mass is 313 g/mol. The van der Waals surface area contributed by atoms with Crippen molar-refractivity contribution in [2.24, 2.45) is 5.11 Å². The summed E-state index contributed by atoms with van der Waals surface area (Å²) in [4.78, 5) is 23.6. The molecule has 0 N–H and O–H groups in total. The number of carbonyl (C=O) groups is 1. The van der Waals surface area contributed by atoms with E-state index in [1.807, 2.05) is 0 Å². The second-order valence-electron chi connectivity index (χ2n) is 4.40. The van der Waals surface area contributed by atoms with Crippen LogP contribution in [-0.2, 0) is 6.42 Å². The van der Waals surface area contributed by atoms with Gasteiger partial charge in [0.15, 0.2) is 0 Å². The normalized spacial score (nSPS) is 9.74. The van der Waals surface area contributed by atoms with Crippen molar-refractivity contribution in [3.05, 3.63) is 74.1 Å². The van der Waals surface area contributed by atoms with Gasteiger partial charge in [-0.15, -0.1) is 0 Å². The minimum absolute atomic E-state index is 0.0775. The summed E-state index contributed by atoms with van der Waals surface area (Å²) in [6.07, 6.45) is -1.69. The smallest absolute Gasteiger partial charge is 0.269 e. The number of nitro benzene ring substituents is 1. The van der Waals surface area contributed by atoms with Crippen molar-refractivity contribution in [3.8, 4) is 5.75 Å². The Morgan fingerprint density at radius 3 is 2.65 bits per heavy atom. The number of benzene rings is 2. The highest BCUT2D eigenvalue weighted by molar-refractivity contribution is 5.61. The van der Waals surface area contributed by atoms with Crippen LogP contribution in [0.15, 0.2) is 47.6 Å². The first-order chi connectivity index (χ1) is 11.0. The fourth-order valence-corrected chi connectivity index (χ4v) is 2.02. The van der Waals surface area contributed by atoms with Crippen molar-refractivity contribution in [1.29, 1.82) is 0 Å². The maximum absolute atomic E-state index is 10.9. The van der Waals surface area contributed by atoms with E-state index in [0.29, 0.717) is 11.3 Å². The highest BCUT2D eigenvalue weighted by Crippen LogP contribution is 2.29. The summed E-state index contributed by atoms with van der Waals surface area (Å²) in [6, 6.07) is 10.1. The Kier molecular flexibility index (Phi) is 4.75. The number of rotatable bonds is 5. The van der Waals surface area contributed by atoms with E-state index in [0.717, 1.165) is 6.07 Å². The molecule has 9 heteroatoms. The van der Waals surface area contributed by atoms with Gasteiger partial charge in [0.2, 0.25) is 0 Å². The van der Waals surface area contributed by atoms with E-state index in [2.05, 4.69) is 14.8 Å². The molecular formula is C14H9N4O5-. The van der Waals surface area contributed by atoms with Gasteiger partial charge in [-0.2, -0.15) is 0 Å². The van der Waals surface area contributed by atoms with Gasteiger partial charge in [0.1, 0.15) is 0 Å². The number of hydrogen-bond acceptors (Lipinski definition) is 6. The molecule has 0 aromatic heterocycles. The molecule has 9 nitrogen and oxygen atoms in total. The zero-order valence-corrected chi connectivity index (χ0v) is 11.6. The van der Waals surface area contributed by atoms with Gasteiger partial charge in [-0.05, 0) is 22.7 Å². The lowest BCUT2D eigenvalue weighted by molar-refractivity contribution is -0.384. The topological polar surface area (TPSA) is 141 Å². The van der Waals surface area contributed by atoms with E-state index in [9.17, 15) is 20.0 Å². The van der Waals surface area contributed by atoms with Crippen molar-refractivity contribution >= 4 is 17.5 Å². The molecule has 0 aliphatic heterocycles. The lowest BCUT2D eigenvalue weighted by atomic mass is 10.0. The molecule has 0 atom stereocenters. The molecule has 2 rings (SSSR count). The highest BCUT2D eigenvalue weighted by atomic mass is 16.7. The maximum atomic E-state index is 10.9. The number of non-ortho nitro benzene ring substituents is 1. The Morgan fingerprint density at radius 1 is 1.26 bits per heavy atom. The van der Waals surface area contributed by atoms with Crippen LogP contribution in [0.25, 0.3) is 10.4 Å². The number of azide groups is 1. The third-order valence-corrected chi connectivity index (χ3v) is 2.97. The second kappa shape index (κ2) is 6.92. The lowest BCUT2D eigenvalue weighted by Crippen LogP contribution is -2.26. The van der Waals surface area contributed by atoms with E-state index in [1.54, 1.807) is 24.3 Å². The van der Waals surface area contributed by atoms with Crippen molar-refractivity contribution in [1.82, 2.24) is 0 Å². The van der Waals surface area contributed by atoms with Gasteiger partial charge < -0.3 is 14.6 Å². The standard InChI is InChI=1S/C14H10N4O5/c15-17-16-12-4-2-1-3-9(12)7-10-8-11(18(21)22)5-6-13(10)23-14(19)20/h1-6,8H,7H2,(H,19,20)/p-1. The summed E-state index contributed by atoms with van der Waals surface area (Å²) < 4.78 is 4.53. The number of nitrogens with zero attached hydrogens (tertiary/aromatic N) is 4. The molecule has 0 saturated carbocycles. The number of hydrogen-bond donors (Lipinski definition) is 0. The van der Waals surface area contributed by atoms with Gasteiger partial charge in [0.25, 0.3) is 11.8 Å². The fourth-order valence-electron chi connectivity index (χ4n) is 2.02. The average Bonchev–Trinajstić information content (AvgIpc) is 2.50. The van der Waals surface area contributed by atoms with Crippen LogP contribution in [0.3, 0.4) is 0 Å². The summed E-state index contributed by atoms with van der Waals surface area (Å²) in [5, 5.41) is 25.0. The van der Waals surface area contributed by atoms with E-state index < -0.39 is 11.1 Å². The molecule has 0 aliphatic carbocycles. The van der Waals surface area contributed by atoms with Crippen molar-refractivity contribution < 1.29 is 19.6 Å². The fraction of sp³-hybridized carbons (Fsp3) is 0.0714. The SMILES string of the molecule is [N-]=[N+]=Nc1ccccc1Cc1cc([N+](=O)[O-])ccc1OC(=O)[O-]. The van der Waals surface area contributed by atoms with Gasteiger partial charge in [-0.3, -0.25) is 10.1 Å². The molecule has 0 heterocycles. The first-order valence-electron chi connectivity index (χ1n) is 6.30. The molecule has 0 radical (unpaired) electrons. The van der Waals surface area contributed by atoms with Crippen molar-refractivity contribution in [2.45, 2.75) is 6.42 Å². The van der Waals surface area contributed by atoms with E-state index in [-0.39, 0.29) is 23.4 Å². The number of carbonyl (C=O) groups excluding carboxylic acids is 1. The molecule has 0 saturated heterocycles. The van der Waals surface area contributed by atoms with Gasteiger partial charge in [0, 0.05) is 29.2 Å². The minimum atomic E-state index is -1.77. The summed E-state index contributed by atoms with van der Waals surface area (Å²) in [6.45, 7) is 0. The van der Waals surface area contributed by atoms with Crippen LogP contribution < -0.4 is 9.84 Å². The third-order valence-electron chi connectivity index (χ3n) is 2.97. The number of ether oxygens (including phenoxy) is 1. The van der Waals surface area contributed by atoms with Gasteiger partial charge in [0.05, 0.1) is 10.7 Å². The van der Waals surface area contributed by atoms with E-state index in [1.165, 1.54) is 12.1 Å². The average molecular weight is 313 g/mol. The minimum Gasteiger partial charge on any atom is -0.514 e. The maximum Gasteiger partial charge on any atom is 0.269 e. The van der Waals surface area contributed by atoms with Gasteiger partial charge in [-0.25, -0.2) is 0 Å². The molecule has 0 amide bonds. The lowest BCUT2D eigenvalue weighted by Gasteiger charge is -2.14. The Morgan fingerprint density at radius 2 is 2.00 bits per heavy atom. The zero-order valence-electron chi connectivity index (χ0n) is 11.6. The quantitative estimate of drug-likeness (QED) is 0.159. The Balaban J connectivity index is 2.48. The molecule has 0 bridgehead atoms. The van der Waals surface area contributed by atoms with Crippen LogP contribution in [0.5, 0.6) is 5.75 Å². The van der Waals surface area contributed by atoms with Crippen LogP contribution in [-0.4, -0.2) is 11.1 Å². The van der Waals surface area contributed by atoms with E-state index >= 15 is 0 Å². The predicted molar refractivity (Wildman–Crippen MR) is 77.2 cm³/mol. The Hall–Kier alpha value is -3.58. The zero-order chi connectivity index (χ0) is 16.8. The van der Waals surface area contributed by atoms with Crippen LogP contribution >= 0.6 is 0 Å². The summed E-state index contributed by atoms with van der Waals surface area (Å²) in [7, 11) is 0. The molecule has 0 fully saturated rings. The van der Waals surface area contributed by atoms with Crippen molar-refractivity contribution in [3.63, 3.8) is 0 Å². The van der Waals surface area contributed by atoms with Crippen LogP contribution in [0, 0.1) is 10.1 Å². The third kappa shape index (κ3) is 3.96. The van der Waals surface area contributed by atoms with Gasteiger partial charge >= 0.3 is 0 Å². The van der Waals surface area contributed by atoms with Gasteiger partial charge in [-0.1, -0.05) is 29.4 Å². The molecular weight excluding hydrogens is 304 g/mol. The largest absolute Gasteiger partial charge is 0.514 e. The van der Waals surface area contributed by atoms with Crippen LogP contribution in [0.2, 0.25) is 0 Å².